The number of nitrogens with zero attached hydrogens (tertiary/aromatic N) is 4. The minimum absolute atomic E-state index is 0.0442. The minimum Gasteiger partial charge on any atom is -0.330 e. The first kappa shape index (κ1) is 18.4. The van der Waals surface area contributed by atoms with Crippen LogP contribution in [-0.4, -0.2) is 45.3 Å². The summed E-state index contributed by atoms with van der Waals surface area (Å²) in [6, 6.07) is 7.84. The molecular formula is C19H28N6O. The SMILES string of the molecule is Cc1nc(C)n(Cc2cccc(NC(=O)N3CCC(CN)C(C)C3)c2)n1. The molecule has 0 spiro atoms. The van der Waals surface area contributed by atoms with E-state index in [0.29, 0.717) is 24.9 Å². The highest BCUT2D eigenvalue weighted by atomic mass is 16.2. The number of aromatic nitrogens is 3. The number of aryl methyl sites for hydroxylation is 2. The zero-order valence-electron chi connectivity index (χ0n) is 15.8. The van der Waals surface area contributed by atoms with Gasteiger partial charge in [0.05, 0.1) is 6.54 Å². The third-order valence-corrected chi connectivity index (χ3v) is 5.15. The molecule has 2 atom stereocenters. The van der Waals surface area contributed by atoms with Crippen LogP contribution in [0.5, 0.6) is 0 Å². The highest BCUT2D eigenvalue weighted by Crippen LogP contribution is 2.23. The number of amides is 2. The van der Waals surface area contributed by atoms with Gasteiger partial charge in [-0.25, -0.2) is 14.5 Å². The maximum Gasteiger partial charge on any atom is 0.321 e. The maximum absolute atomic E-state index is 12.6. The van der Waals surface area contributed by atoms with Crippen molar-refractivity contribution in [3.05, 3.63) is 41.5 Å². The molecule has 1 aliphatic rings. The average molecular weight is 356 g/mol. The van der Waals surface area contributed by atoms with E-state index in [1.54, 1.807) is 0 Å². The van der Waals surface area contributed by atoms with Crippen molar-refractivity contribution in [2.24, 2.45) is 17.6 Å². The smallest absolute Gasteiger partial charge is 0.321 e. The van der Waals surface area contributed by atoms with Crippen LogP contribution in [0.25, 0.3) is 0 Å². The van der Waals surface area contributed by atoms with E-state index >= 15 is 0 Å². The molecule has 26 heavy (non-hydrogen) atoms. The summed E-state index contributed by atoms with van der Waals surface area (Å²) >= 11 is 0. The number of hydrogen-bond acceptors (Lipinski definition) is 4. The third-order valence-electron chi connectivity index (χ3n) is 5.15. The lowest BCUT2D eigenvalue weighted by Gasteiger charge is -2.36. The Morgan fingerprint density at radius 3 is 2.85 bits per heavy atom. The second-order valence-corrected chi connectivity index (χ2v) is 7.20. The summed E-state index contributed by atoms with van der Waals surface area (Å²) in [4.78, 5) is 18.8. The number of carbonyl (C=O) groups is 1. The highest BCUT2D eigenvalue weighted by molar-refractivity contribution is 5.89. The van der Waals surface area contributed by atoms with Crippen molar-refractivity contribution in [2.45, 2.75) is 33.7 Å². The van der Waals surface area contributed by atoms with Crippen LogP contribution < -0.4 is 11.1 Å². The summed E-state index contributed by atoms with van der Waals surface area (Å²) in [7, 11) is 0. The van der Waals surface area contributed by atoms with Crippen LogP contribution >= 0.6 is 0 Å². The molecule has 3 rings (SSSR count). The van der Waals surface area contributed by atoms with Gasteiger partial charge in [-0.05, 0) is 56.3 Å². The fourth-order valence-electron chi connectivity index (χ4n) is 3.56. The monoisotopic (exact) mass is 356 g/mol. The van der Waals surface area contributed by atoms with Crippen molar-refractivity contribution in [3.8, 4) is 0 Å². The van der Waals surface area contributed by atoms with Crippen molar-refractivity contribution in [2.75, 3.05) is 25.0 Å². The molecule has 0 radical (unpaired) electrons. The average Bonchev–Trinajstić information content (AvgIpc) is 2.92. The van der Waals surface area contributed by atoms with Gasteiger partial charge in [-0.15, -0.1) is 0 Å². The van der Waals surface area contributed by atoms with Crippen LogP contribution in [0, 0.1) is 25.7 Å². The molecular weight excluding hydrogens is 328 g/mol. The largest absolute Gasteiger partial charge is 0.330 e. The van der Waals surface area contributed by atoms with Crippen molar-refractivity contribution >= 4 is 11.7 Å². The van der Waals surface area contributed by atoms with Gasteiger partial charge in [0.1, 0.15) is 11.6 Å². The summed E-state index contributed by atoms with van der Waals surface area (Å²) in [6.45, 7) is 8.84. The van der Waals surface area contributed by atoms with E-state index in [1.165, 1.54) is 0 Å². The lowest BCUT2D eigenvalue weighted by Crippen LogP contribution is -2.46. The zero-order valence-corrected chi connectivity index (χ0v) is 15.8. The molecule has 1 saturated heterocycles. The second-order valence-electron chi connectivity index (χ2n) is 7.20. The van der Waals surface area contributed by atoms with Gasteiger partial charge in [-0.3, -0.25) is 0 Å². The summed E-state index contributed by atoms with van der Waals surface area (Å²) in [5.41, 5.74) is 7.68. The van der Waals surface area contributed by atoms with Gasteiger partial charge in [0.15, 0.2) is 0 Å². The predicted octanol–water partition coefficient (Wildman–Crippen LogP) is 2.39. The molecule has 0 saturated carbocycles. The Balaban J connectivity index is 1.63. The lowest BCUT2D eigenvalue weighted by molar-refractivity contribution is 0.150. The normalized spacial score (nSPS) is 20.2. The molecule has 1 aromatic heterocycles. The number of benzene rings is 1. The fourth-order valence-corrected chi connectivity index (χ4v) is 3.56. The molecule has 0 aliphatic carbocycles. The standard InChI is InChI=1S/C19H28N6O/c1-13-11-24(8-7-17(13)10-20)19(26)22-18-6-4-5-16(9-18)12-25-15(3)21-14(2)23-25/h4-6,9,13,17H,7-8,10-12,20H2,1-3H3,(H,22,26). The summed E-state index contributed by atoms with van der Waals surface area (Å²) in [5, 5.41) is 7.41. The molecule has 2 amide bonds. The van der Waals surface area contributed by atoms with Crippen LogP contribution in [0.4, 0.5) is 10.5 Å². The van der Waals surface area contributed by atoms with Gasteiger partial charge in [0, 0.05) is 18.8 Å². The van der Waals surface area contributed by atoms with E-state index in [1.807, 2.05) is 47.7 Å². The minimum atomic E-state index is -0.0442. The Morgan fingerprint density at radius 1 is 1.38 bits per heavy atom. The van der Waals surface area contributed by atoms with E-state index in [-0.39, 0.29) is 6.03 Å². The molecule has 1 fully saturated rings. The lowest BCUT2D eigenvalue weighted by atomic mass is 9.87. The summed E-state index contributed by atoms with van der Waals surface area (Å²) in [5.74, 6) is 2.59. The Kier molecular flexibility index (Phi) is 5.56. The number of rotatable bonds is 4. The van der Waals surface area contributed by atoms with Crippen molar-refractivity contribution in [1.29, 1.82) is 0 Å². The van der Waals surface area contributed by atoms with Crippen LogP contribution in [0.15, 0.2) is 24.3 Å². The van der Waals surface area contributed by atoms with Crippen LogP contribution in [0.1, 0.15) is 30.6 Å². The van der Waals surface area contributed by atoms with Crippen LogP contribution in [-0.2, 0) is 6.54 Å². The van der Waals surface area contributed by atoms with Gasteiger partial charge < -0.3 is 16.0 Å². The number of nitrogens with one attached hydrogen (secondary N) is 1. The topological polar surface area (TPSA) is 89.1 Å². The summed E-state index contributed by atoms with van der Waals surface area (Å²) < 4.78 is 1.87. The first-order chi connectivity index (χ1) is 12.5. The summed E-state index contributed by atoms with van der Waals surface area (Å²) in [6.07, 6.45) is 0.968. The van der Waals surface area contributed by atoms with E-state index in [9.17, 15) is 4.79 Å². The molecule has 0 bridgehead atoms. The van der Waals surface area contributed by atoms with Crippen LogP contribution in [0.2, 0.25) is 0 Å². The molecule has 2 heterocycles. The molecule has 3 N–H and O–H groups in total. The van der Waals surface area contributed by atoms with Gasteiger partial charge >= 0.3 is 6.03 Å². The first-order valence-corrected chi connectivity index (χ1v) is 9.19. The van der Waals surface area contributed by atoms with Crippen molar-refractivity contribution in [3.63, 3.8) is 0 Å². The number of hydrogen-bond donors (Lipinski definition) is 2. The zero-order chi connectivity index (χ0) is 18.7. The molecule has 2 unspecified atom stereocenters. The van der Waals surface area contributed by atoms with E-state index < -0.39 is 0 Å². The fraction of sp³-hybridized carbons (Fsp3) is 0.526. The Labute approximate surface area is 154 Å². The van der Waals surface area contributed by atoms with Gasteiger partial charge in [-0.1, -0.05) is 19.1 Å². The van der Waals surface area contributed by atoms with Crippen molar-refractivity contribution in [1.82, 2.24) is 19.7 Å². The molecule has 1 aromatic carbocycles. The maximum atomic E-state index is 12.6. The Morgan fingerprint density at radius 2 is 2.19 bits per heavy atom. The predicted molar refractivity (Wildman–Crippen MR) is 102 cm³/mol. The number of nitrogens with two attached hydrogens (primary N) is 1. The molecule has 2 aromatic rings. The van der Waals surface area contributed by atoms with Gasteiger partial charge in [0.25, 0.3) is 0 Å². The number of likely N-dealkylation sites (tertiary alicyclic amines) is 1. The van der Waals surface area contributed by atoms with Gasteiger partial charge in [-0.2, -0.15) is 5.10 Å². The van der Waals surface area contributed by atoms with Gasteiger partial charge in [0.2, 0.25) is 0 Å². The third kappa shape index (κ3) is 4.22. The quantitative estimate of drug-likeness (QED) is 0.880. The van der Waals surface area contributed by atoms with Crippen molar-refractivity contribution < 1.29 is 4.79 Å². The highest BCUT2D eigenvalue weighted by Gasteiger charge is 2.27. The molecule has 1 aliphatic heterocycles. The number of piperidine rings is 1. The Hall–Kier alpha value is -2.41. The number of urea groups is 1. The van der Waals surface area contributed by atoms with Crippen LogP contribution in [0.3, 0.4) is 0 Å². The second kappa shape index (κ2) is 7.86. The van der Waals surface area contributed by atoms with E-state index in [2.05, 4.69) is 22.3 Å². The van der Waals surface area contributed by atoms with E-state index in [0.717, 1.165) is 42.4 Å². The molecule has 140 valence electrons. The molecule has 7 nitrogen and oxygen atoms in total. The number of carbonyl (C=O) groups excluding carboxylic acids is 1. The Bertz CT molecular complexity index is 771. The molecule has 7 heteroatoms. The number of anilines is 1. The first-order valence-electron chi connectivity index (χ1n) is 9.19. The van der Waals surface area contributed by atoms with E-state index in [4.69, 9.17) is 5.73 Å².